The van der Waals surface area contributed by atoms with Gasteiger partial charge in [-0.1, -0.05) is 66.2 Å². The van der Waals surface area contributed by atoms with Crippen LogP contribution >= 0.6 is 10.9 Å². The van der Waals surface area contributed by atoms with Gasteiger partial charge in [0.2, 0.25) is 0 Å². The first-order valence-electron chi connectivity index (χ1n) is 11.7. The van der Waals surface area contributed by atoms with Crippen LogP contribution in [0.5, 0.6) is 0 Å². The number of nitrogens with two attached hydrogens (primary N) is 1. The predicted molar refractivity (Wildman–Crippen MR) is 141 cm³/mol. The molecule has 0 bridgehead atoms. The number of hydrogen-bond donors (Lipinski definition) is 3. The second kappa shape index (κ2) is 7.93. The largest absolute Gasteiger partial charge is 0.383 e. The topological polar surface area (TPSA) is 49.9 Å². The molecule has 0 aromatic heterocycles. The van der Waals surface area contributed by atoms with Crippen molar-refractivity contribution >= 4 is 28.4 Å². The highest BCUT2D eigenvalue weighted by molar-refractivity contribution is 8.23. The fourth-order valence-corrected chi connectivity index (χ4v) is 7.75. The first kappa shape index (κ1) is 20.3. The highest BCUT2D eigenvalue weighted by Crippen LogP contribution is 2.46. The van der Waals surface area contributed by atoms with Crippen molar-refractivity contribution in [1.29, 1.82) is 5.41 Å². The summed E-state index contributed by atoms with van der Waals surface area (Å²) < 4.78 is 0. The highest BCUT2D eigenvalue weighted by Gasteiger charge is 2.20. The maximum absolute atomic E-state index is 8.01. The Morgan fingerprint density at radius 3 is 2.64 bits per heavy atom. The van der Waals surface area contributed by atoms with E-state index in [-0.39, 0.29) is 5.84 Å². The number of fused-ring (bicyclic) bond motifs is 4. The summed E-state index contributed by atoms with van der Waals surface area (Å²) in [5.41, 5.74) is 13.1. The summed E-state index contributed by atoms with van der Waals surface area (Å²) in [6, 6.07) is 20.3. The van der Waals surface area contributed by atoms with E-state index in [9.17, 15) is 0 Å². The van der Waals surface area contributed by atoms with E-state index in [2.05, 4.69) is 79.1 Å². The van der Waals surface area contributed by atoms with Gasteiger partial charge in [-0.3, -0.25) is 5.41 Å². The third kappa shape index (κ3) is 3.30. The molecule has 3 N–H and O–H groups in total. The van der Waals surface area contributed by atoms with Crippen molar-refractivity contribution in [3.8, 4) is 0 Å². The van der Waals surface area contributed by atoms with E-state index in [1.807, 2.05) is 6.08 Å². The highest BCUT2D eigenvalue weighted by atomic mass is 32.2. The zero-order valence-electron chi connectivity index (χ0n) is 18.9. The number of nitrogens with one attached hydrogen (secondary N) is 1. The Kier molecular flexibility index (Phi) is 4.88. The lowest BCUT2D eigenvalue weighted by molar-refractivity contribution is 0.809. The van der Waals surface area contributed by atoms with Gasteiger partial charge in [-0.15, -0.1) is 0 Å². The summed E-state index contributed by atoms with van der Waals surface area (Å²) in [7, 11) is -0.701. The Labute approximate surface area is 197 Å². The SMILES string of the molecule is Cc1cccc(C2=c3ccc4c(c3CCC2)CC=c2c([SH]3C=CC=C3C(=N)N)cccc2=4)c1. The summed E-state index contributed by atoms with van der Waals surface area (Å²) in [6.07, 6.45) is 11.0. The molecule has 1 aliphatic heterocycles. The van der Waals surface area contributed by atoms with Gasteiger partial charge < -0.3 is 5.73 Å². The Hall–Kier alpha value is -3.30. The van der Waals surface area contributed by atoms with Crippen LogP contribution in [0.4, 0.5) is 0 Å². The molecule has 33 heavy (non-hydrogen) atoms. The van der Waals surface area contributed by atoms with E-state index in [1.165, 1.54) is 54.5 Å². The minimum absolute atomic E-state index is 0.188. The van der Waals surface area contributed by atoms with Gasteiger partial charge in [0.15, 0.2) is 0 Å². The number of benzene rings is 3. The van der Waals surface area contributed by atoms with Crippen LogP contribution < -0.4 is 16.2 Å². The van der Waals surface area contributed by atoms with Gasteiger partial charge in [0, 0.05) is 9.80 Å². The fraction of sp³-hybridized carbons (Fsp3) is 0.167. The molecule has 0 radical (unpaired) electrons. The van der Waals surface area contributed by atoms with Crippen molar-refractivity contribution in [1.82, 2.24) is 0 Å². The summed E-state index contributed by atoms with van der Waals surface area (Å²) in [4.78, 5) is 2.27. The van der Waals surface area contributed by atoms with Crippen LogP contribution in [-0.4, -0.2) is 5.84 Å². The minimum atomic E-state index is -0.701. The Morgan fingerprint density at radius 2 is 1.79 bits per heavy atom. The van der Waals surface area contributed by atoms with Crippen LogP contribution in [0.25, 0.3) is 11.6 Å². The predicted octanol–water partition coefficient (Wildman–Crippen LogP) is 4.86. The van der Waals surface area contributed by atoms with Crippen LogP contribution in [-0.2, 0) is 12.8 Å². The Bertz CT molecular complexity index is 1610. The maximum Gasteiger partial charge on any atom is 0.128 e. The van der Waals surface area contributed by atoms with Gasteiger partial charge in [0.1, 0.15) is 5.84 Å². The fourth-order valence-electron chi connectivity index (χ4n) is 5.68. The summed E-state index contributed by atoms with van der Waals surface area (Å²) in [5.74, 6) is 0.188. The number of thiol groups is 1. The number of amidine groups is 1. The molecule has 6 rings (SSSR count). The average Bonchev–Trinajstić information content (AvgIpc) is 3.33. The summed E-state index contributed by atoms with van der Waals surface area (Å²) >= 11 is 0. The van der Waals surface area contributed by atoms with Crippen molar-refractivity contribution in [3.63, 3.8) is 0 Å². The number of allylic oxidation sites excluding steroid dienone is 2. The smallest absolute Gasteiger partial charge is 0.128 e. The molecule has 2 aliphatic carbocycles. The van der Waals surface area contributed by atoms with Gasteiger partial charge in [-0.05, 0) is 93.3 Å². The van der Waals surface area contributed by atoms with Crippen LogP contribution in [0.3, 0.4) is 0 Å². The van der Waals surface area contributed by atoms with Gasteiger partial charge in [0.25, 0.3) is 0 Å². The Morgan fingerprint density at radius 1 is 0.939 bits per heavy atom. The first-order valence-corrected chi connectivity index (χ1v) is 13.1. The first-order chi connectivity index (χ1) is 16.1. The third-order valence-electron chi connectivity index (χ3n) is 7.14. The number of rotatable bonds is 3. The number of hydrogen-bond acceptors (Lipinski definition) is 1. The molecule has 164 valence electrons. The standard InChI is InChI=1S/C30H28N2S/c1-19-6-2-7-20(18-19)21-8-3-9-22-24(21)13-14-26-23-10-4-11-28(27(23)16-15-25(22)26)33-17-5-12-29(33)30(31)32/h2,4-7,10-14,16-18,33H,3,8-9,15H2,1H3,(H3,31,32). The van der Waals surface area contributed by atoms with E-state index < -0.39 is 10.9 Å². The molecule has 0 fully saturated rings. The maximum atomic E-state index is 8.01. The molecule has 0 saturated carbocycles. The van der Waals surface area contributed by atoms with Crippen molar-refractivity contribution < 1.29 is 0 Å². The monoisotopic (exact) mass is 448 g/mol. The molecule has 3 aromatic carbocycles. The molecule has 1 atom stereocenters. The molecule has 3 aromatic rings. The third-order valence-corrected chi connectivity index (χ3v) is 9.43. The van der Waals surface area contributed by atoms with Crippen LogP contribution in [0.2, 0.25) is 0 Å². The van der Waals surface area contributed by atoms with Crippen LogP contribution in [0.15, 0.2) is 82.0 Å². The van der Waals surface area contributed by atoms with Crippen molar-refractivity contribution in [2.45, 2.75) is 37.5 Å². The molecule has 3 heteroatoms. The molecule has 0 amide bonds. The average molecular weight is 449 g/mol. The van der Waals surface area contributed by atoms with E-state index in [0.29, 0.717) is 0 Å². The van der Waals surface area contributed by atoms with E-state index in [4.69, 9.17) is 11.1 Å². The van der Waals surface area contributed by atoms with E-state index in [0.717, 1.165) is 24.2 Å². The minimum Gasteiger partial charge on any atom is -0.383 e. The van der Waals surface area contributed by atoms with Crippen molar-refractivity contribution in [3.05, 3.63) is 120 Å². The molecule has 0 spiro atoms. The molecular formula is C30H28N2S. The second-order valence-corrected chi connectivity index (χ2v) is 11.1. The molecular weight excluding hydrogens is 420 g/mol. The zero-order chi connectivity index (χ0) is 22.5. The van der Waals surface area contributed by atoms with E-state index in [1.54, 1.807) is 5.56 Å². The van der Waals surface area contributed by atoms with Gasteiger partial charge in [-0.2, -0.15) is 10.9 Å². The lowest BCUT2D eigenvalue weighted by atomic mass is 9.83. The Balaban J connectivity index is 1.61. The lowest BCUT2D eigenvalue weighted by Crippen LogP contribution is -2.24. The van der Waals surface area contributed by atoms with E-state index >= 15 is 0 Å². The van der Waals surface area contributed by atoms with Crippen LogP contribution in [0, 0.1) is 22.8 Å². The van der Waals surface area contributed by atoms with Gasteiger partial charge >= 0.3 is 0 Å². The molecule has 1 heterocycles. The lowest BCUT2D eigenvalue weighted by Gasteiger charge is -2.23. The summed E-state index contributed by atoms with van der Waals surface area (Å²) in [5, 5.41) is 15.7. The second-order valence-electron chi connectivity index (χ2n) is 9.14. The number of aryl methyl sites for hydroxylation is 1. The van der Waals surface area contributed by atoms with Gasteiger partial charge in [0.05, 0.1) is 0 Å². The quantitative estimate of drug-likeness (QED) is 0.299. The zero-order valence-corrected chi connectivity index (χ0v) is 19.8. The molecule has 1 unspecified atom stereocenters. The van der Waals surface area contributed by atoms with Crippen molar-refractivity contribution in [2.75, 3.05) is 0 Å². The molecule has 0 saturated heterocycles. The normalized spacial score (nSPS) is 19.2. The molecule has 3 aliphatic rings. The van der Waals surface area contributed by atoms with Crippen LogP contribution in [0.1, 0.15) is 35.1 Å². The molecule has 2 nitrogen and oxygen atoms in total. The van der Waals surface area contributed by atoms with Crippen molar-refractivity contribution in [2.24, 2.45) is 5.73 Å². The summed E-state index contributed by atoms with van der Waals surface area (Å²) in [6.45, 7) is 2.18. The van der Waals surface area contributed by atoms with Gasteiger partial charge in [-0.25, -0.2) is 0 Å².